The molecule has 1 atom stereocenters. The van der Waals surface area contributed by atoms with Gasteiger partial charge in [0.05, 0.1) is 0 Å². The number of nitrogens with one attached hydrogen (secondary N) is 1. The first-order valence-electron chi connectivity index (χ1n) is 3.96. The normalized spacial score (nSPS) is 12.4. The number of rotatable bonds is 4. The SMILES string of the molecule is CNC(Sc1cccc(Cl)c1)C(=O)O. The minimum atomic E-state index is -0.891. The highest BCUT2D eigenvalue weighted by atomic mass is 35.5. The molecule has 76 valence electrons. The van der Waals surface area contributed by atoms with Crippen LogP contribution in [-0.4, -0.2) is 23.5 Å². The van der Waals surface area contributed by atoms with Crippen LogP contribution < -0.4 is 5.32 Å². The molecule has 2 N–H and O–H groups in total. The standard InChI is InChI=1S/C9H10ClNO2S/c1-11-8(9(12)13)14-7-4-2-3-6(10)5-7/h2-5,8,11H,1H3,(H,12,13). The third-order valence-corrected chi connectivity index (χ3v) is 2.97. The van der Waals surface area contributed by atoms with Crippen LogP contribution in [0.2, 0.25) is 5.02 Å². The summed E-state index contributed by atoms with van der Waals surface area (Å²) in [7, 11) is 1.61. The van der Waals surface area contributed by atoms with Crippen molar-refractivity contribution in [2.75, 3.05) is 7.05 Å². The molecule has 0 aliphatic rings. The molecule has 0 heterocycles. The maximum absolute atomic E-state index is 10.7. The van der Waals surface area contributed by atoms with Crippen LogP contribution in [-0.2, 0) is 4.79 Å². The van der Waals surface area contributed by atoms with E-state index in [0.717, 1.165) is 4.90 Å². The predicted octanol–water partition coefficient (Wildman–Crippen LogP) is 2.06. The molecule has 0 saturated heterocycles. The number of thioether (sulfide) groups is 1. The molecule has 3 nitrogen and oxygen atoms in total. The second kappa shape index (κ2) is 5.24. The van der Waals surface area contributed by atoms with Gasteiger partial charge in [-0.05, 0) is 25.2 Å². The Kier molecular flexibility index (Phi) is 4.25. The molecule has 1 aromatic carbocycles. The van der Waals surface area contributed by atoms with E-state index in [4.69, 9.17) is 16.7 Å². The zero-order chi connectivity index (χ0) is 10.6. The molecule has 5 heteroatoms. The van der Waals surface area contributed by atoms with Gasteiger partial charge in [-0.15, -0.1) is 0 Å². The lowest BCUT2D eigenvalue weighted by Crippen LogP contribution is -2.30. The van der Waals surface area contributed by atoms with Crippen molar-refractivity contribution in [1.29, 1.82) is 0 Å². The van der Waals surface area contributed by atoms with E-state index in [1.54, 1.807) is 25.2 Å². The predicted molar refractivity (Wildman–Crippen MR) is 57.8 cm³/mol. The molecule has 0 aliphatic heterocycles. The highest BCUT2D eigenvalue weighted by molar-refractivity contribution is 8.00. The summed E-state index contributed by atoms with van der Waals surface area (Å²) in [5.74, 6) is -0.891. The molecule has 0 aliphatic carbocycles. The third kappa shape index (κ3) is 3.21. The summed E-state index contributed by atoms with van der Waals surface area (Å²) >= 11 is 6.99. The molecule has 0 fully saturated rings. The maximum Gasteiger partial charge on any atom is 0.331 e. The van der Waals surface area contributed by atoms with Crippen LogP contribution in [0.25, 0.3) is 0 Å². The molecule has 14 heavy (non-hydrogen) atoms. The fourth-order valence-corrected chi connectivity index (χ4v) is 2.01. The summed E-state index contributed by atoms with van der Waals surface area (Å²) < 4.78 is 0. The Bertz CT molecular complexity index is 332. The smallest absolute Gasteiger partial charge is 0.331 e. The van der Waals surface area contributed by atoms with Crippen molar-refractivity contribution in [2.45, 2.75) is 10.3 Å². The fraction of sp³-hybridized carbons (Fsp3) is 0.222. The van der Waals surface area contributed by atoms with Crippen molar-refractivity contribution in [3.63, 3.8) is 0 Å². The Balaban J connectivity index is 2.72. The van der Waals surface area contributed by atoms with Gasteiger partial charge in [0.2, 0.25) is 0 Å². The van der Waals surface area contributed by atoms with E-state index in [1.165, 1.54) is 11.8 Å². The number of benzene rings is 1. The van der Waals surface area contributed by atoms with E-state index >= 15 is 0 Å². The molecule has 1 unspecified atom stereocenters. The Morgan fingerprint density at radius 1 is 1.64 bits per heavy atom. The second-order valence-electron chi connectivity index (χ2n) is 2.58. The Morgan fingerprint density at radius 2 is 2.36 bits per heavy atom. The average Bonchev–Trinajstić information content (AvgIpc) is 2.14. The van der Waals surface area contributed by atoms with Crippen LogP contribution in [0.15, 0.2) is 29.2 Å². The summed E-state index contributed by atoms with van der Waals surface area (Å²) in [4.78, 5) is 11.5. The monoisotopic (exact) mass is 231 g/mol. The van der Waals surface area contributed by atoms with E-state index in [0.29, 0.717) is 5.02 Å². The van der Waals surface area contributed by atoms with Gasteiger partial charge in [0.15, 0.2) is 5.37 Å². The molecular weight excluding hydrogens is 222 g/mol. The molecule has 1 aromatic rings. The van der Waals surface area contributed by atoms with Gasteiger partial charge in [0.1, 0.15) is 0 Å². The molecule has 0 bridgehead atoms. The number of likely N-dealkylation sites (N-methyl/N-ethyl adjacent to an activating group) is 1. The summed E-state index contributed by atoms with van der Waals surface area (Å²) in [5.41, 5.74) is 0. The quantitative estimate of drug-likeness (QED) is 0.615. The molecule has 0 amide bonds. The number of halogens is 1. The summed E-state index contributed by atoms with van der Waals surface area (Å²) in [6.07, 6.45) is 0. The highest BCUT2D eigenvalue weighted by Crippen LogP contribution is 2.24. The summed E-state index contributed by atoms with van der Waals surface area (Å²) in [6, 6.07) is 7.10. The van der Waals surface area contributed by atoms with E-state index in [9.17, 15) is 4.79 Å². The first-order valence-corrected chi connectivity index (χ1v) is 5.21. The second-order valence-corrected chi connectivity index (χ2v) is 4.20. The molecule has 0 spiro atoms. The lowest BCUT2D eigenvalue weighted by atomic mass is 10.4. The zero-order valence-corrected chi connectivity index (χ0v) is 9.10. The number of aliphatic carboxylic acids is 1. The summed E-state index contributed by atoms with van der Waals surface area (Å²) in [5, 5.41) is 11.4. The first-order chi connectivity index (χ1) is 6.63. The van der Waals surface area contributed by atoms with Crippen LogP contribution in [0.1, 0.15) is 0 Å². The molecule has 1 rings (SSSR count). The van der Waals surface area contributed by atoms with Crippen molar-refractivity contribution < 1.29 is 9.90 Å². The minimum Gasteiger partial charge on any atom is -0.479 e. The van der Waals surface area contributed by atoms with Crippen molar-refractivity contribution in [2.24, 2.45) is 0 Å². The molecule has 0 aromatic heterocycles. The number of hydrogen-bond acceptors (Lipinski definition) is 3. The number of hydrogen-bond donors (Lipinski definition) is 2. The van der Waals surface area contributed by atoms with Crippen LogP contribution in [0, 0.1) is 0 Å². The van der Waals surface area contributed by atoms with Crippen molar-refractivity contribution in [3.05, 3.63) is 29.3 Å². The van der Waals surface area contributed by atoms with E-state index < -0.39 is 11.3 Å². The molecule has 0 saturated carbocycles. The van der Waals surface area contributed by atoms with Crippen LogP contribution >= 0.6 is 23.4 Å². The van der Waals surface area contributed by atoms with Crippen LogP contribution in [0.4, 0.5) is 0 Å². The van der Waals surface area contributed by atoms with Crippen molar-refractivity contribution in [1.82, 2.24) is 5.32 Å². The van der Waals surface area contributed by atoms with Gasteiger partial charge in [-0.25, -0.2) is 4.79 Å². The molecule has 0 radical (unpaired) electrons. The zero-order valence-electron chi connectivity index (χ0n) is 7.53. The third-order valence-electron chi connectivity index (χ3n) is 1.54. The Hall–Kier alpha value is -0.710. The van der Waals surface area contributed by atoms with Crippen molar-refractivity contribution in [3.8, 4) is 0 Å². The van der Waals surface area contributed by atoms with Gasteiger partial charge >= 0.3 is 5.97 Å². The lowest BCUT2D eigenvalue weighted by molar-refractivity contribution is -0.136. The number of carboxylic acids is 1. The summed E-state index contributed by atoms with van der Waals surface area (Å²) in [6.45, 7) is 0. The van der Waals surface area contributed by atoms with E-state index in [2.05, 4.69) is 5.32 Å². The molecular formula is C9H10ClNO2S. The average molecular weight is 232 g/mol. The van der Waals surface area contributed by atoms with Crippen molar-refractivity contribution >= 4 is 29.3 Å². The van der Waals surface area contributed by atoms with E-state index in [-0.39, 0.29) is 0 Å². The van der Waals surface area contributed by atoms with Gasteiger partial charge in [0, 0.05) is 9.92 Å². The van der Waals surface area contributed by atoms with Gasteiger partial charge in [-0.3, -0.25) is 5.32 Å². The number of carbonyl (C=O) groups is 1. The van der Waals surface area contributed by atoms with Gasteiger partial charge in [-0.1, -0.05) is 29.4 Å². The topological polar surface area (TPSA) is 49.3 Å². The minimum absolute atomic E-state index is 0.607. The Labute approximate surface area is 91.5 Å². The maximum atomic E-state index is 10.7. The number of carboxylic acid groups (broad SMARTS) is 1. The first kappa shape index (κ1) is 11.4. The van der Waals surface area contributed by atoms with Gasteiger partial charge < -0.3 is 5.11 Å². The lowest BCUT2D eigenvalue weighted by Gasteiger charge is -2.10. The van der Waals surface area contributed by atoms with Crippen LogP contribution in [0.3, 0.4) is 0 Å². The fourth-order valence-electron chi connectivity index (χ4n) is 0.909. The van der Waals surface area contributed by atoms with E-state index in [1.807, 2.05) is 6.07 Å². The van der Waals surface area contributed by atoms with Gasteiger partial charge in [0.25, 0.3) is 0 Å². The Morgan fingerprint density at radius 3 is 2.86 bits per heavy atom. The van der Waals surface area contributed by atoms with Gasteiger partial charge in [-0.2, -0.15) is 0 Å². The largest absolute Gasteiger partial charge is 0.479 e. The van der Waals surface area contributed by atoms with Crippen LogP contribution in [0.5, 0.6) is 0 Å². The highest BCUT2D eigenvalue weighted by Gasteiger charge is 2.15.